The van der Waals surface area contributed by atoms with Crippen molar-refractivity contribution >= 4 is 10.8 Å². The molecule has 1 unspecified atom stereocenters. The zero-order chi connectivity index (χ0) is 13.1. The highest BCUT2D eigenvalue weighted by atomic mass is 19.1. The second kappa shape index (κ2) is 5.32. The van der Waals surface area contributed by atoms with Gasteiger partial charge in [0.1, 0.15) is 5.82 Å². The first kappa shape index (κ1) is 12.8. The summed E-state index contributed by atoms with van der Waals surface area (Å²) in [5.74, 6) is -0.167. The lowest BCUT2D eigenvalue weighted by Crippen LogP contribution is -2.17. The highest BCUT2D eigenvalue weighted by Crippen LogP contribution is 2.29. The van der Waals surface area contributed by atoms with Crippen LogP contribution in [0.1, 0.15) is 24.9 Å². The number of hydrogen-bond acceptors (Lipinski definition) is 1. The van der Waals surface area contributed by atoms with Crippen molar-refractivity contribution in [1.29, 1.82) is 0 Å². The molecule has 0 bridgehead atoms. The number of benzene rings is 2. The summed E-state index contributed by atoms with van der Waals surface area (Å²) in [5.41, 5.74) is 2.24. The zero-order valence-electron chi connectivity index (χ0n) is 10.8. The number of halogens is 1. The monoisotopic (exact) mass is 243 g/mol. The second-order valence-corrected chi connectivity index (χ2v) is 4.68. The molecular formula is C16H18FN. The van der Waals surface area contributed by atoms with Gasteiger partial charge in [-0.15, -0.1) is 6.58 Å². The van der Waals surface area contributed by atoms with Crippen LogP contribution in [-0.2, 0) is 0 Å². The van der Waals surface area contributed by atoms with E-state index < -0.39 is 0 Å². The molecule has 0 aliphatic heterocycles. The minimum absolute atomic E-state index is 0.167. The Morgan fingerprint density at radius 3 is 2.50 bits per heavy atom. The van der Waals surface area contributed by atoms with E-state index in [-0.39, 0.29) is 11.9 Å². The SMILES string of the molecule is C=C(C)CC(NC)c1ccc(F)c2ccccc12. The van der Waals surface area contributed by atoms with E-state index >= 15 is 0 Å². The Kier molecular flexibility index (Phi) is 3.78. The summed E-state index contributed by atoms with van der Waals surface area (Å²) >= 11 is 0. The van der Waals surface area contributed by atoms with Crippen molar-refractivity contribution in [3.05, 3.63) is 59.9 Å². The van der Waals surface area contributed by atoms with E-state index in [4.69, 9.17) is 0 Å². The van der Waals surface area contributed by atoms with Crippen LogP contribution in [0.5, 0.6) is 0 Å². The van der Waals surface area contributed by atoms with Crippen LogP contribution in [0, 0.1) is 5.82 Å². The first-order valence-electron chi connectivity index (χ1n) is 6.12. The maximum Gasteiger partial charge on any atom is 0.131 e. The van der Waals surface area contributed by atoms with E-state index in [9.17, 15) is 4.39 Å². The van der Waals surface area contributed by atoms with Crippen molar-refractivity contribution in [2.45, 2.75) is 19.4 Å². The molecule has 0 spiro atoms. The maximum absolute atomic E-state index is 13.8. The van der Waals surface area contributed by atoms with Crippen LogP contribution in [0.25, 0.3) is 10.8 Å². The summed E-state index contributed by atoms with van der Waals surface area (Å²) in [4.78, 5) is 0. The molecule has 1 nitrogen and oxygen atoms in total. The normalized spacial score (nSPS) is 12.6. The number of hydrogen-bond donors (Lipinski definition) is 1. The third-order valence-electron chi connectivity index (χ3n) is 3.18. The minimum Gasteiger partial charge on any atom is -0.313 e. The van der Waals surface area contributed by atoms with Crippen molar-refractivity contribution in [1.82, 2.24) is 5.32 Å². The summed E-state index contributed by atoms with van der Waals surface area (Å²) < 4.78 is 13.8. The van der Waals surface area contributed by atoms with Gasteiger partial charge in [0.25, 0.3) is 0 Å². The van der Waals surface area contributed by atoms with Gasteiger partial charge in [0.05, 0.1) is 0 Å². The Morgan fingerprint density at radius 2 is 1.89 bits per heavy atom. The number of rotatable bonds is 4. The van der Waals surface area contributed by atoms with Crippen molar-refractivity contribution in [3.8, 4) is 0 Å². The van der Waals surface area contributed by atoms with E-state index in [0.717, 1.165) is 22.9 Å². The molecule has 0 heterocycles. The van der Waals surface area contributed by atoms with Gasteiger partial charge >= 0.3 is 0 Å². The lowest BCUT2D eigenvalue weighted by molar-refractivity contribution is 0.591. The van der Waals surface area contributed by atoms with Gasteiger partial charge in [-0.1, -0.05) is 35.9 Å². The van der Waals surface area contributed by atoms with Crippen LogP contribution in [0.15, 0.2) is 48.6 Å². The standard InChI is InChI=1S/C16H18FN/c1-11(2)10-16(18-3)14-8-9-15(17)13-7-5-4-6-12(13)14/h4-9,16,18H,1,10H2,2-3H3. The van der Waals surface area contributed by atoms with Gasteiger partial charge in [-0.05, 0) is 37.4 Å². The molecule has 1 N–H and O–H groups in total. The van der Waals surface area contributed by atoms with E-state index in [1.165, 1.54) is 0 Å². The first-order chi connectivity index (χ1) is 8.63. The maximum atomic E-state index is 13.8. The van der Waals surface area contributed by atoms with Gasteiger partial charge in [-0.25, -0.2) is 4.39 Å². The fourth-order valence-corrected chi connectivity index (χ4v) is 2.31. The topological polar surface area (TPSA) is 12.0 Å². The summed E-state index contributed by atoms with van der Waals surface area (Å²) in [6, 6.07) is 11.2. The third kappa shape index (κ3) is 2.44. The molecule has 2 aromatic rings. The second-order valence-electron chi connectivity index (χ2n) is 4.68. The zero-order valence-corrected chi connectivity index (χ0v) is 10.8. The van der Waals surface area contributed by atoms with Crippen molar-refractivity contribution in [2.75, 3.05) is 7.05 Å². The van der Waals surface area contributed by atoms with E-state index in [1.807, 2.05) is 44.3 Å². The molecule has 0 aliphatic carbocycles. The molecule has 0 aromatic heterocycles. The van der Waals surface area contributed by atoms with E-state index in [0.29, 0.717) is 5.39 Å². The summed E-state index contributed by atoms with van der Waals surface area (Å²) in [6.45, 7) is 5.96. The largest absolute Gasteiger partial charge is 0.313 e. The summed E-state index contributed by atoms with van der Waals surface area (Å²) in [6.07, 6.45) is 0.853. The molecule has 2 heteroatoms. The quantitative estimate of drug-likeness (QED) is 0.793. The van der Waals surface area contributed by atoms with Gasteiger partial charge in [-0.3, -0.25) is 0 Å². The molecule has 18 heavy (non-hydrogen) atoms. The molecular weight excluding hydrogens is 225 g/mol. The Balaban J connectivity index is 2.56. The fourth-order valence-electron chi connectivity index (χ4n) is 2.31. The fraction of sp³-hybridized carbons (Fsp3) is 0.250. The Hall–Kier alpha value is -1.67. The highest BCUT2D eigenvalue weighted by molar-refractivity contribution is 5.86. The molecule has 0 radical (unpaired) electrons. The van der Waals surface area contributed by atoms with Gasteiger partial charge in [-0.2, -0.15) is 0 Å². The van der Waals surface area contributed by atoms with Crippen LogP contribution in [0.2, 0.25) is 0 Å². The van der Waals surface area contributed by atoms with E-state index in [2.05, 4.69) is 11.9 Å². The van der Waals surface area contributed by atoms with Crippen LogP contribution in [0.3, 0.4) is 0 Å². The Labute approximate surface area is 107 Å². The minimum atomic E-state index is -0.167. The molecule has 94 valence electrons. The summed E-state index contributed by atoms with van der Waals surface area (Å²) in [7, 11) is 1.92. The Morgan fingerprint density at radius 1 is 1.22 bits per heavy atom. The van der Waals surface area contributed by atoms with Crippen molar-refractivity contribution in [3.63, 3.8) is 0 Å². The molecule has 2 aromatic carbocycles. The molecule has 0 aliphatic rings. The third-order valence-corrected chi connectivity index (χ3v) is 3.18. The predicted molar refractivity (Wildman–Crippen MR) is 75.1 cm³/mol. The number of nitrogens with one attached hydrogen (secondary N) is 1. The highest BCUT2D eigenvalue weighted by Gasteiger charge is 2.14. The predicted octanol–water partition coefficient (Wildman–Crippen LogP) is 4.21. The van der Waals surface area contributed by atoms with Gasteiger partial charge < -0.3 is 5.32 Å². The lowest BCUT2D eigenvalue weighted by Gasteiger charge is -2.19. The molecule has 0 fully saturated rings. The van der Waals surface area contributed by atoms with Crippen LogP contribution >= 0.6 is 0 Å². The molecule has 0 saturated heterocycles. The Bertz CT molecular complexity index is 574. The number of fused-ring (bicyclic) bond motifs is 1. The lowest BCUT2D eigenvalue weighted by atomic mass is 9.94. The molecule has 1 atom stereocenters. The molecule has 0 amide bonds. The van der Waals surface area contributed by atoms with Crippen LogP contribution < -0.4 is 5.32 Å². The van der Waals surface area contributed by atoms with Crippen molar-refractivity contribution in [2.24, 2.45) is 0 Å². The van der Waals surface area contributed by atoms with E-state index in [1.54, 1.807) is 6.07 Å². The molecule has 2 rings (SSSR count). The van der Waals surface area contributed by atoms with Crippen LogP contribution in [0.4, 0.5) is 4.39 Å². The van der Waals surface area contributed by atoms with Gasteiger partial charge in [0.2, 0.25) is 0 Å². The first-order valence-corrected chi connectivity index (χ1v) is 6.12. The summed E-state index contributed by atoms with van der Waals surface area (Å²) in [5, 5.41) is 4.93. The average molecular weight is 243 g/mol. The van der Waals surface area contributed by atoms with Gasteiger partial charge in [0.15, 0.2) is 0 Å². The average Bonchev–Trinajstić information content (AvgIpc) is 2.37. The molecule has 0 saturated carbocycles. The van der Waals surface area contributed by atoms with Crippen LogP contribution in [-0.4, -0.2) is 7.05 Å². The smallest absolute Gasteiger partial charge is 0.131 e. The van der Waals surface area contributed by atoms with Gasteiger partial charge in [0, 0.05) is 11.4 Å². The van der Waals surface area contributed by atoms with Crippen molar-refractivity contribution < 1.29 is 4.39 Å².